The van der Waals surface area contributed by atoms with Crippen LogP contribution in [0.4, 0.5) is 5.13 Å². The number of hydrogen-bond acceptors (Lipinski definition) is 6. The highest BCUT2D eigenvalue weighted by Crippen LogP contribution is 2.30. The van der Waals surface area contributed by atoms with E-state index in [1.54, 1.807) is 23.1 Å². The van der Waals surface area contributed by atoms with Gasteiger partial charge in [-0.15, -0.1) is 11.3 Å². The molecule has 62 valence electrons. The first-order valence-electron chi connectivity index (χ1n) is 3.15. The van der Waals surface area contributed by atoms with Crippen LogP contribution in [0, 0.1) is 0 Å². The second-order valence-corrected chi connectivity index (χ2v) is 4.95. The molecule has 2 heterocycles. The molecule has 0 radical (unpaired) electrons. The van der Waals surface area contributed by atoms with Gasteiger partial charge >= 0.3 is 0 Å². The van der Waals surface area contributed by atoms with Gasteiger partial charge in [-0.1, -0.05) is 6.07 Å². The summed E-state index contributed by atoms with van der Waals surface area (Å²) in [5.41, 5.74) is 5.44. The Hall–Kier alpha value is -0.590. The molecule has 3 nitrogen and oxygen atoms in total. The van der Waals surface area contributed by atoms with E-state index in [0.29, 0.717) is 5.13 Å². The van der Waals surface area contributed by atoms with Crippen LogP contribution in [-0.4, -0.2) is 9.36 Å². The van der Waals surface area contributed by atoms with Crippen molar-refractivity contribution in [2.24, 2.45) is 0 Å². The van der Waals surface area contributed by atoms with Crippen LogP contribution in [-0.2, 0) is 0 Å². The summed E-state index contributed by atoms with van der Waals surface area (Å²) in [4.78, 5) is 4.04. The molecule has 0 bridgehead atoms. The van der Waals surface area contributed by atoms with Crippen LogP contribution in [0.2, 0.25) is 0 Å². The largest absolute Gasteiger partial charge is 0.374 e. The average Bonchev–Trinajstić information content (AvgIpc) is 2.63. The molecule has 2 aromatic rings. The Morgan fingerprint density at radius 3 is 3.00 bits per heavy atom. The number of hydrogen-bond donors (Lipinski definition) is 1. The first-order chi connectivity index (χ1) is 5.84. The van der Waals surface area contributed by atoms with Crippen LogP contribution in [0.3, 0.4) is 0 Å². The Morgan fingerprint density at radius 1 is 1.50 bits per heavy atom. The summed E-state index contributed by atoms with van der Waals surface area (Å²) >= 11 is 4.44. The molecule has 2 N–H and O–H groups in total. The Balaban J connectivity index is 2.14. The highest BCUT2D eigenvalue weighted by molar-refractivity contribution is 8.01. The van der Waals surface area contributed by atoms with Crippen molar-refractivity contribution in [3.8, 4) is 0 Å². The summed E-state index contributed by atoms with van der Waals surface area (Å²) in [7, 11) is 0. The second-order valence-electron chi connectivity index (χ2n) is 1.95. The van der Waals surface area contributed by atoms with Gasteiger partial charge in [0.25, 0.3) is 0 Å². The quantitative estimate of drug-likeness (QED) is 0.835. The highest BCUT2D eigenvalue weighted by atomic mass is 32.2. The number of anilines is 1. The van der Waals surface area contributed by atoms with Gasteiger partial charge in [-0.25, -0.2) is 0 Å². The first-order valence-corrected chi connectivity index (χ1v) is 5.62. The monoisotopic (exact) mass is 215 g/mol. The van der Waals surface area contributed by atoms with E-state index < -0.39 is 0 Å². The number of nitrogen functional groups attached to an aromatic ring is 1. The second kappa shape index (κ2) is 3.42. The summed E-state index contributed by atoms with van der Waals surface area (Å²) in [5, 5.41) is 3.28. The van der Waals surface area contributed by atoms with Crippen molar-refractivity contribution in [2.75, 3.05) is 5.73 Å². The van der Waals surface area contributed by atoms with Crippen molar-refractivity contribution in [2.45, 2.75) is 9.37 Å². The van der Waals surface area contributed by atoms with Crippen LogP contribution in [0.1, 0.15) is 0 Å². The maximum atomic E-state index is 5.44. The molecule has 0 spiro atoms. The minimum atomic E-state index is 0.522. The molecule has 0 saturated heterocycles. The minimum absolute atomic E-state index is 0.522. The van der Waals surface area contributed by atoms with Crippen molar-refractivity contribution in [1.29, 1.82) is 0 Å². The number of aromatic nitrogens is 2. The van der Waals surface area contributed by atoms with E-state index in [2.05, 4.69) is 9.36 Å². The van der Waals surface area contributed by atoms with Crippen molar-refractivity contribution in [3.05, 3.63) is 17.5 Å². The third-order valence-electron chi connectivity index (χ3n) is 1.11. The van der Waals surface area contributed by atoms with Gasteiger partial charge < -0.3 is 5.73 Å². The Kier molecular flexibility index (Phi) is 2.29. The zero-order valence-electron chi connectivity index (χ0n) is 5.93. The van der Waals surface area contributed by atoms with Crippen LogP contribution in [0.15, 0.2) is 26.9 Å². The molecule has 0 aromatic carbocycles. The van der Waals surface area contributed by atoms with Crippen molar-refractivity contribution >= 4 is 39.8 Å². The lowest BCUT2D eigenvalue weighted by atomic mass is 10.7. The van der Waals surface area contributed by atoms with Crippen molar-refractivity contribution in [1.82, 2.24) is 9.36 Å². The van der Waals surface area contributed by atoms with E-state index in [-0.39, 0.29) is 0 Å². The van der Waals surface area contributed by atoms with E-state index in [4.69, 9.17) is 5.73 Å². The van der Waals surface area contributed by atoms with E-state index in [1.165, 1.54) is 15.7 Å². The molecule has 0 aliphatic rings. The molecular formula is C6H5N3S3. The van der Waals surface area contributed by atoms with Gasteiger partial charge in [-0.3, -0.25) is 0 Å². The van der Waals surface area contributed by atoms with E-state index in [1.807, 2.05) is 17.5 Å². The molecule has 0 amide bonds. The van der Waals surface area contributed by atoms with Gasteiger partial charge in [0, 0.05) is 11.5 Å². The van der Waals surface area contributed by atoms with Crippen molar-refractivity contribution in [3.63, 3.8) is 0 Å². The van der Waals surface area contributed by atoms with Gasteiger partial charge in [0.05, 0.1) is 4.21 Å². The highest BCUT2D eigenvalue weighted by Gasteiger charge is 2.03. The average molecular weight is 215 g/mol. The molecule has 6 heteroatoms. The number of thiophene rings is 1. The predicted octanol–water partition coefficient (Wildman–Crippen LogP) is 2.33. The molecule has 0 unspecified atom stereocenters. The van der Waals surface area contributed by atoms with Crippen molar-refractivity contribution < 1.29 is 0 Å². The lowest BCUT2D eigenvalue weighted by molar-refractivity contribution is 1.08. The van der Waals surface area contributed by atoms with Gasteiger partial charge in [0.1, 0.15) is 0 Å². The van der Waals surface area contributed by atoms with Crippen LogP contribution >= 0.6 is 34.6 Å². The number of nitrogens with two attached hydrogens (primary N) is 1. The fourth-order valence-electron chi connectivity index (χ4n) is 0.674. The maximum Gasteiger partial charge on any atom is 0.207 e. The van der Waals surface area contributed by atoms with Gasteiger partial charge in [0.2, 0.25) is 10.3 Å². The third-order valence-corrected chi connectivity index (χ3v) is 3.67. The molecule has 0 atom stereocenters. The topological polar surface area (TPSA) is 51.8 Å². The fourth-order valence-corrected chi connectivity index (χ4v) is 2.83. The number of rotatable bonds is 2. The maximum absolute atomic E-state index is 5.44. The lowest BCUT2D eigenvalue weighted by Gasteiger charge is -1.87. The summed E-state index contributed by atoms with van der Waals surface area (Å²) in [6.45, 7) is 0. The van der Waals surface area contributed by atoms with E-state index in [0.717, 1.165) is 5.16 Å². The molecule has 0 aliphatic carbocycles. The molecule has 2 rings (SSSR count). The normalized spacial score (nSPS) is 10.3. The predicted molar refractivity (Wildman–Crippen MR) is 52.8 cm³/mol. The smallest absolute Gasteiger partial charge is 0.207 e. The molecule has 0 aliphatic heterocycles. The fraction of sp³-hybridized carbons (Fsp3) is 0. The van der Waals surface area contributed by atoms with Crippen LogP contribution < -0.4 is 5.73 Å². The molecule has 0 fully saturated rings. The van der Waals surface area contributed by atoms with Gasteiger partial charge in [-0.05, 0) is 23.2 Å². The van der Waals surface area contributed by atoms with Crippen LogP contribution in [0.25, 0.3) is 0 Å². The molecule has 2 aromatic heterocycles. The Morgan fingerprint density at radius 2 is 2.42 bits per heavy atom. The number of nitrogens with zero attached hydrogens (tertiary/aromatic N) is 2. The Bertz CT molecular complexity index is 354. The van der Waals surface area contributed by atoms with E-state index in [9.17, 15) is 0 Å². The zero-order chi connectivity index (χ0) is 8.39. The van der Waals surface area contributed by atoms with Crippen LogP contribution in [0.5, 0.6) is 0 Å². The SMILES string of the molecule is Nc1nc(Sc2cccs2)ns1. The summed E-state index contributed by atoms with van der Waals surface area (Å²) in [5.74, 6) is 0. The lowest BCUT2D eigenvalue weighted by Crippen LogP contribution is -1.80. The molecule has 12 heavy (non-hydrogen) atoms. The van der Waals surface area contributed by atoms with Gasteiger partial charge in [0.15, 0.2) is 0 Å². The van der Waals surface area contributed by atoms with Gasteiger partial charge in [-0.2, -0.15) is 9.36 Å². The summed E-state index contributed by atoms with van der Waals surface area (Å²) in [6, 6.07) is 4.04. The zero-order valence-corrected chi connectivity index (χ0v) is 8.38. The summed E-state index contributed by atoms with van der Waals surface area (Å²) in [6.07, 6.45) is 0. The molecule has 0 saturated carbocycles. The summed E-state index contributed by atoms with van der Waals surface area (Å²) < 4.78 is 5.25. The third kappa shape index (κ3) is 1.77. The van der Waals surface area contributed by atoms with E-state index >= 15 is 0 Å². The standard InChI is InChI=1S/C6H5N3S3/c7-5-8-6(9-12-5)11-4-2-1-3-10-4/h1-3H,(H2,7,8,9). The molecular weight excluding hydrogens is 210 g/mol. The minimum Gasteiger partial charge on any atom is -0.374 e. The Labute approximate surface area is 81.8 Å². The first kappa shape index (κ1) is 8.03.